The number of nitrogens with one attached hydrogen (secondary N) is 1. The van der Waals surface area contributed by atoms with E-state index >= 15 is 0 Å². The minimum absolute atomic E-state index is 0.114. The zero-order chi connectivity index (χ0) is 24.5. The Kier molecular flexibility index (Phi) is 6.99. The number of nitrogens with zero attached hydrogens (tertiary/aromatic N) is 2. The molecule has 0 spiro atoms. The highest BCUT2D eigenvalue weighted by Gasteiger charge is 2.32. The van der Waals surface area contributed by atoms with E-state index in [0.717, 1.165) is 0 Å². The van der Waals surface area contributed by atoms with Gasteiger partial charge in [0.05, 0.1) is 29.9 Å². The molecule has 1 aliphatic heterocycles. The number of benzene rings is 2. The molecule has 2 unspecified atom stereocenters. The largest absolute Gasteiger partial charge is 0.494 e. The van der Waals surface area contributed by atoms with Gasteiger partial charge >= 0.3 is 0 Å². The monoisotopic (exact) mass is 505 g/mol. The number of carbonyl (C=O) groups is 1. The molecular formula is C23H24FN3O5S2. The third-order valence-corrected chi connectivity index (χ3v) is 7.92. The van der Waals surface area contributed by atoms with Gasteiger partial charge in [-0.2, -0.15) is 4.31 Å². The molecule has 1 N–H and O–H groups in total. The zero-order valence-electron chi connectivity index (χ0n) is 18.8. The molecule has 1 saturated heterocycles. The second-order valence-corrected chi connectivity index (χ2v) is 10.7. The van der Waals surface area contributed by atoms with Crippen LogP contribution in [0, 0.1) is 5.82 Å². The molecule has 1 amide bonds. The number of amides is 1. The fraction of sp³-hybridized carbons (Fsp3) is 0.304. The Hall–Kier alpha value is -2.86. The van der Waals surface area contributed by atoms with Crippen LogP contribution in [0.15, 0.2) is 52.7 Å². The topological polar surface area (TPSA) is 97.8 Å². The summed E-state index contributed by atoms with van der Waals surface area (Å²) in [5, 5.41) is 4.73. The number of halogens is 1. The number of carbonyl (C=O) groups excluding carboxylic acids is 1. The number of methoxy groups -OCH3 is 1. The van der Waals surface area contributed by atoms with Gasteiger partial charge in [-0.15, -0.1) is 11.3 Å². The van der Waals surface area contributed by atoms with Crippen molar-refractivity contribution in [2.24, 2.45) is 0 Å². The SMILES string of the molecule is COc1ccc(-c2csc(NC(=O)c3ccc(S(=O)(=O)N4CC(C)OC(C)C4)cc3)n2)cc1F. The summed E-state index contributed by atoms with van der Waals surface area (Å²) in [6.45, 7) is 4.22. The van der Waals surface area contributed by atoms with Crippen LogP contribution >= 0.6 is 11.3 Å². The van der Waals surface area contributed by atoms with Crippen LogP contribution in [0.2, 0.25) is 0 Å². The lowest BCUT2D eigenvalue weighted by molar-refractivity contribution is -0.0440. The summed E-state index contributed by atoms with van der Waals surface area (Å²) in [6, 6.07) is 10.3. The zero-order valence-corrected chi connectivity index (χ0v) is 20.5. The smallest absolute Gasteiger partial charge is 0.257 e. The van der Waals surface area contributed by atoms with Crippen LogP contribution in [0.3, 0.4) is 0 Å². The normalized spacial score (nSPS) is 19.1. The summed E-state index contributed by atoms with van der Waals surface area (Å²) in [6.07, 6.45) is -0.387. The maximum absolute atomic E-state index is 14.0. The Morgan fingerprint density at radius 1 is 1.18 bits per heavy atom. The summed E-state index contributed by atoms with van der Waals surface area (Å²) in [5.41, 5.74) is 1.35. The number of thiazole rings is 1. The quantitative estimate of drug-likeness (QED) is 0.544. The summed E-state index contributed by atoms with van der Waals surface area (Å²) in [4.78, 5) is 17.1. The predicted molar refractivity (Wildman–Crippen MR) is 127 cm³/mol. The average Bonchev–Trinajstić information content (AvgIpc) is 3.27. The first-order chi connectivity index (χ1) is 16.2. The highest BCUT2D eigenvalue weighted by Crippen LogP contribution is 2.29. The van der Waals surface area contributed by atoms with Gasteiger partial charge in [0.25, 0.3) is 5.91 Å². The molecule has 1 aromatic heterocycles. The fourth-order valence-corrected chi connectivity index (χ4v) is 6.02. The van der Waals surface area contributed by atoms with Gasteiger partial charge in [0.15, 0.2) is 16.7 Å². The number of rotatable bonds is 6. The number of sulfonamides is 1. The van der Waals surface area contributed by atoms with E-state index in [2.05, 4.69) is 10.3 Å². The summed E-state index contributed by atoms with van der Waals surface area (Å²) >= 11 is 1.20. The minimum Gasteiger partial charge on any atom is -0.494 e. The molecule has 11 heteroatoms. The van der Waals surface area contributed by atoms with E-state index in [9.17, 15) is 17.6 Å². The molecular weight excluding hydrogens is 481 g/mol. The van der Waals surface area contributed by atoms with Gasteiger partial charge in [0.1, 0.15) is 0 Å². The van der Waals surface area contributed by atoms with Crippen LogP contribution in [0.5, 0.6) is 5.75 Å². The van der Waals surface area contributed by atoms with E-state index in [4.69, 9.17) is 9.47 Å². The number of ether oxygens (including phenoxy) is 2. The molecule has 0 radical (unpaired) electrons. The van der Waals surface area contributed by atoms with Crippen molar-refractivity contribution in [3.8, 4) is 17.0 Å². The Labute approximate surface area is 201 Å². The Morgan fingerprint density at radius 2 is 1.85 bits per heavy atom. The molecule has 0 bridgehead atoms. The molecule has 34 heavy (non-hydrogen) atoms. The van der Waals surface area contributed by atoms with Crippen molar-refractivity contribution in [3.63, 3.8) is 0 Å². The lowest BCUT2D eigenvalue weighted by atomic mass is 10.1. The maximum Gasteiger partial charge on any atom is 0.257 e. The molecule has 1 fully saturated rings. The Balaban J connectivity index is 1.45. The van der Waals surface area contributed by atoms with Crippen LogP contribution in [-0.4, -0.2) is 56.0 Å². The van der Waals surface area contributed by atoms with Gasteiger partial charge in [-0.1, -0.05) is 0 Å². The molecule has 2 atom stereocenters. The molecule has 4 rings (SSSR count). The predicted octanol–water partition coefficient (Wildman–Crippen LogP) is 4.01. The van der Waals surface area contributed by atoms with E-state index < -0.39 is 21.7 Å². The second-order valence-electron chi connectivity index (χ2n) is 7.95. The van der Waals surface area contributed by atoms with E-state index in [-0.39, 0.29) is 41.5 Å². The Morgan fingerprint density at radius 3 is 2.47 bits per heavy atom. The van der Waals surface area contributed by atoms with E-state index in [0.29, 0.717) is 16.4 Å². The van der Waals surface area contributed by atoms with Gasteiger partial charge < -0.3 is 9.47 Å². The van der Waals surface area contributed by atoms with Gasteiger partial charge in [0.2, 0.25) is 10.0 Å². The van der Waals surface area contributed by atoms with Crippen molar-refractivity contribution in [3.05, 3.63) is 59.2 Å². The van der Waals surface area contributed by atoms with Crippen LogP contribution in [0.25, 0.3) is 11.3 Å². The molecule has 2 heterocycles. The highest BCUT2D eigenvalue weighted by atomic mass is 32.2. The first kappa shape index (κ1) is 24.3. The average molecular weight is 506 g/mol. The molecule has 1 aliphatic rings. The molecule has 180 valence electrons. The van der Waals surface area contributed by atoms with E-state index in [1.165, 1.54) is 59.2 Å². The van der Waals surface area contributed by atoms with Crippen molar-refractivity contribution >= 4 is 32.4 Å². The van der Waals surface area contributed by atoms with Gasteiger partial charge in [-0.3, -0.25) is 10.1 Å². The maximum atomic E-state index is 14.0. The highest BCUT2D eigenvalue weighted by molar-refractivity contribution is 7.89. The number of hydrogen-bond acceptors (Lipinski definition) is 7. The number of morpholine rings is 1. The van der Waals surface area contributed by atoms with Crippen molar-refractivity contribution in [2.75, 3.05) is 25.5 Å². The molecule has 3 aromatic rings. The van der Waals surface area contributed by atoms with E-state index in [1.807, 2.05) is 13.8 Å². The molecule has 0 saturated carbocycles. The molecule has 0 aliphatic carbocycles. The van der Waals surface area contributed by atoms with Crippen molar-refractivity contribution in [2.45, 2.75) is 31.0 Å². The molecule has 2 aromatic carbocycles. The lowest BCUT2D eigenvalue weighted by Gasteiger charge is -2.34. The van der Waals surface area contributed by atoms with Gasteiger partial charge in [0, 0.05) is 29.6 Å². The van der Waals surface area contributed by atoms with Gasteiger partial charge in [-0.25, -0.2) is 17.8 Å². The van der Waals surface area contributed by atoms with Crippen LogP contribution < -0.4 is 10.1 Å². The van der Waals surface area contributed by atoms with Crippen molar-refractivity contribution in [1.29, 1.82) is 0 Å². The molecule has 8 nitrogen and oxygen atoms in total. The first-order valence-corrected chi connectivity index (χ1v) is 12.9. The standard InChI is InChI=1S/C23H24FN3O5S2/c1-14-11-27(12-15(2)32-14)34(29,30)18-7-4-16(5-8-18)22(28)26-23-25-20(13-33-23)17-6-9-21(31-3)19(24)10-17/h4-10,13-15H,11-12H2,1-3H3,(H,25,26,28). The summed E-state index contributed by atoms with van der Waals surface area (Å²) in [7, 11) is -2.30. The fourth-order valence-electron chi connectivity index (χ4n) is 3.71. The third kappa shape index (κ3) is 5.12. The van der Waals surface area contributed by atoms with Crippen molar-refractivity contribution in [1.82, 2.24) is 9.29 Å². The summed E-state index contributed by atoms with van der Waals surface area (Å²) in [5.74, 6) is -0.801. The second kappa shape index (κ2) is 9.79. The lowest BCUT2D eigenvalue weighted by Crippen LogP contribution is -2.48. The van der Waals surface area contributed by atoms with Gasteiger partial charge in [-0.05, 0) is 56.3 Å². The Bertz CT molecular complexity index is 1280. The minimum atomic E-state index is -3.69. The van der Waals surface area contributed by atoms with Crippen LogP contribution in [-0.2, 0) is 14.8 Å². The van der Waals surface area contributed by atoms with Crippen LogP contribution in [0.1, 0.15) is 24.2 Å². The number of hydrogen-bond donors (Lipinski definition) is 1. The number of aromatic nitrogens is 1. The first-order valence-electron chi connectivity index (χ1n) is 10.5. The summed E-state index contributed by atoms with van der Waals surface area (Å²) < 4.78 is 51.9. The van der Waals surface area contributed by atoms with E-state index in [1.54, 1.807) is 11.4 Å². The number of anilines is 1. The van der Waals surface area contributed by atoms with Crippen LogP contribution in [0.4, 0.5) is 9.52 Å². The van der Waals surface area contributed by atoms with Crippen molar-refractivity contribution < 1.29 is 27.1 Å². The third-order valence-electron chi connectivity index (χ3n) is 5.31.